The first-order valence-electron chi connectivity index (χ1n) is 4.71. The van der Waals surface area contributed by atoms with Crippen LogP contribution in [0.15, 0.2) is 17.9 Å². The molecule has 80 valence electrons. The number of nitrogens with zero attached hydrogens (tertiary/aromatic N) is 4. The summed E-state index contributed by atoms with van der Waals surface area (Å²) in [5, 5.41) is 8.12. The molecule has 0 aliphatic heterocycles. The van der Waals surface area contributed by atoms with E-state index in [4.69, 9.17) is 11.6 Å². The van der Waals surface area contributed by atoms with Gasteiger partial charge in [0.1, 0.15) is 0 Å². The fraction of sp³-hybridized carbons (Fsp3) is 0.444. The van der Waals surface area contributed by atoms with Crippen LogP contribution in [0.25, 0.3) is 0 Å². The number of hydrogen-bond donors (Lipinski definition) is 0. The lowest BCUT2D eigenvalue weighted by atomic mass is 10.3. The molecule has 0 saturated heterocycles. The Hall–Kier alpha value is -0.940. The predicted octanol–water partition coefficient (Wildman–Crippen LogP) is 1.95. The van der Waals surface area contributed by atoms with E-state index in [1.165, 1.54) is 4.88 Å². The molecule has 2 aromatic heterocycles. The lowest BCUT2D eigenvalue weighted by Gasteiger charge is -1.94. The van der Waals surface area contributed by atoms with Crippen molar-refractivity contribution < 1.29 is 0 Å². The third-order valence-electron chi connectivity index (χ3n) is 1.95. The van der Waals surface area contributed by atoms with Crippen LogP contribution in [0.1, 0.15) is 17.0 Å². The summed E-state index contributed by atoms with van der Waals surface area (Å²) in [5.74, 6) is 0.668. The number of hydrogen-bond acceptors (Lipinski definition) is 4. The summed E-state index contributed by atoms with van der Waals surface area (Å²) in [7, 11) is 0. The van der Waals surface area contributed by atoms with Crippen molar-refractivity contribution in [3.63, 3.8) is 0 Å². The molecule has 0 atom stereocenters. The Morgan fingerprint density at radius 1 is 1.47 bits per heavy atom. The molecule has 6 heteroatoms. The topological polar surface area (TPSA) is 43.6 Å². The van der Waals surface area contributed by atoms with Crippen molar-refractivity contribution in [1.29, 1.82) is 0 Å². The van der Waals surface area contributed by atoms with Crippen LogP contribution in [0.3, 0.4) is 0 Å². The van der Waals surface area contributed by atoms with Crippen LogP contribution in [-0.4, -0.2) is 25.9 Å². The van der Waals surface area contributed by atoms with Gasteiger partial charge in [-0.3, -0.25) is 4.98 Å². The van der Waals surface area contributed by atoms with Crippen molar-refractivity contribution in [2.24, 2.45) is 0 Å². The van der Waals surface area contributed by atoms with Gasteiger partial charge in [-0.15, -0.1) is 28.0 Å². The first-order valence-corrected chi connectivity index (χ1v) is 6.12. The molecule has 2 rings (SSSR count). The highest BCUT2D eigenvalue weighted by Gasteiger charge is 2.02. The zero-order valence-electron chi connectivity index (χ0n) is 8.14. The van der Waals surface area contributed by atoms with Crippen LogP contribution >= 0.6 is 22.9 Å². The van der Waals surface area contributed by atoms with E-state index >= 15 is 0 Å². The molecule has 0 spiro atoms. The smallest absolute Gasteiger partial charge is 0.0827 e. The maximum absolute atomic E-state index is 5.61. The van der Waals surface area contributed by atoms with Gasteiger partial charge in [0.05, 0.1) is 17.7 Å². The predicted molar refractivity (Wildman–Crippen MR) is 60.3 cm³/mol. The normalized spacial score (nSPS) is 10.7. The molecule has 0 N–H and O–H groups in total. The molecule has 0 aliphatic rings. The van der Waals surface area contributed by atoms with E-state index in [9.17, 15) is 0 Å². The van der Waals surface area contributed by atoms with Gasteiger partial charge in [0, 0.05) is 23.2 Å². The molecule has 0 radical (unpaired) electrons. The highest BCUT2D eigenvalue weighted by molar-refractivity contribution is 7.09. The number of alkyl halides is 1. The molecule has 0 aliphatic carbocycles. The van der Waals surface area contributed by atoms with Crippen molar-refractivity contribution in [1.82, 2.24) is 20.0 Å². The van der Waals surface area contributed by atoms with Crippen LogP contribution in [0, 0.1) is 0 Å². The Bertz CT molecular complexity index is 398. The van der Waals surface area contributed by atoms with Crippen molar-refractivity contribution in [3.8, 4) is 0 Å². The number of aryl methyl sites for hydroxylation is 1. The lowest BCUT2D eigenvalue weighted by Crippen LogP contribution is -1.98. The van der Waals surface area contributed by atoms with Gasteiger partial charge in [-0.25, -0.2) is 4.68 Å². The number of aromatic nitrogens is 4. The lowest BCUT2D eigenvalue weighted by molar-refractivity contribution is 0.654. The molecule has 0 fully saturated rings. The average Bonchev–Trinajstić information content (AvgIpc) is 2.87. The minimum atomic E-state index is 0.668. The first-order chi connectivity index (χ1) is 7.38. The van der Waals surface area contributed by atoms with Crippen LogP contribution in [0.2, 0.25) is 0 Å². The van der Waals surface area contributed by atoms with Crippen LogP contribution in [0.4, 0.5) is 0 Å². The fourth-order valence-electron chi connectivity index (χ4n) is 1.26. The summed E-state index contributed by atoms with van der Waals surface area (Å²) >= 11 is 7.24. The Balaban J connectivity index is 1.95. The van der Waals surface area contributed by atoms with E-state index in [2.05, 4.69) is 15.3 Å². The second kappa shape index (κ2) is 5.23. The Kier molecular flexibility index (Phi) is 3.69. The summed E-state index contributed by atoms with van der Waals surface area (Å²) < 4.78 is 1.83. The standard InChI is InChI=1S/C9H11ClN4S/c10-3-1-2-8-5-14(13-12-8)6-9-4-11-7-15-9/h4-5,7H,1-3,6H2. The van der Waals surface area contributed by atoms with Gasteiger partial charge in [0.2, 0.25) is 0 Å². The first kappa shape index (κ1) is 10.6. The number of halogens is 1. The van der Waals surface area contributed by atoms with E-state index in [-0.39, 0.29) is 0 Å². The third kappa shape index (κ3) is 3.00. The average molecular weight is 243 g/mol. The summed E-state index contributed by atoms with van der Waals surface area (Å²) in [4.78, 5) is 5.20. The van der Waals surface area contributed by atoms with Gasteiger partial charge in [-0.2, -0.15) is 0 Å². The van der Waals surface area contributed by atoms with Crippen molar-refractivity contribution in [2.45, 2.75) is 19.4 Å². The summed E-state index contributed by atoms with van der Waals surface area (Å²) in [6.07, 6.45) is 5.66. The van der Waals surface area contributed by atoms with Crippen molar-refractivity contribution >= 4 is 22.9 Å². The molecular weight excluding hydrogens is 232 g/mol. The van der Waals surface area contributed by atoms with Gasteiger partial charge >= 0.3 is 0 Å². The minimum absolute atomic E-state index is 0.668. The van der Waals surface area contributed by atoms with Crippen LogP contribution in [-0.2, 0) is 13.0 Å². The number of rotatable bonds is 5. The second-order valence-corrected chi connectivity index (χ2v) is 4.52. The van der Waals surface area contributed by atoms with Gasteiger partial charge in [0.25, 0.3) is 0 Å². The monoisotopic (exact) mass is 242 g/mol. The molecule has 0 saturated carbocycles. The van der Waals surface area contributed by atoms with E-state index in [1.807, 2.05) is 22.6 Å². The number of thiazole rings is 1. The van der Waals surface area contributed by atoms with Gasteiger partial charge in [-0.1, -0.05) is 5.21 Å². The molecule has 0 aromatic carbocycles. The quantitative estimate of drug-likeness (QED) is 0.753. The summed E-state index contributed by atoms with van der Waals surface area (Å²) in [6, 6.07) is 0. The van der Waals surface area contributed by atoms with Gasteiger partial charge in [0.15, 0.2) is 0 Å². The van der Waals surface area contributed by atoms with E-state index in [0.29, 0.717) is 5.88 Å². The van der Waals surface area contributed by atoms with E-state index in [0.717, 1.165) is 25.1 Å². The molecule has 0 unspecified atom stereocenters. The minimum Gasteiger partial charge on any atom is -0.253 e. The Labute approximate surface area is 96.9 Å². The summed E-state index contributed by atoms with van der Waals surface area (Å²) in [5.41, 5.74) is 2.82. The fourth-order valence-corrected chi connectivity index (χ4v) is 1.98. The van der Waals surface area contributed by atoms with Crippen LogP contribution < -0.4 is 0 Å². The Morgan fingerprint density at radius 3 is 3.13 bits per heavy atom. The zero-order valence-corrected chi connectivity index (χ0v) is 9.71. The molecule has 2 heterocycles. The maximum atomic E-state index is 5.61. The summed E-state index contributed by atoms with van der Waals surface area (Å²) in [6.45, 7) is 0.749. The SMILES string of the molecule is ClCCCc1cn(Cc2cncs2)nn1. The molecular formula is C9H11ClN4S. The highest BCUT2D eigenvalue weighted by atomic mass is 35.5. The molecule has 0 amide bonds. The van der Waals surface area contributed by atoms with Gasteiger partial charge in [-0.05, 0) is 12.8 Å². The molecule has 0 bridgehead atoms. The Morgan fingerprint density at radius 2 is 2.40 bits per heavy atom. The van der Waals surface area contributed by atoms with Crippen molar-refractivity contribution in [3.05, 3.63) is 28.5 Å². The molecule has 2 aromatic rings. The zero-order chi connectivity index (χ0) is 10.5. The van der Waals surface area contributed by atoms with Gasteiger partial charge < -0.3 is 0 Å². The highest BCUT2D eigenvalue weighted by Crippen LogP contribution is 2.08. The molecule has 4 nitrogen and oxygen atoms in total. The van der Waals surface area contributed by atoms with E-state index < -0.39 is 0 Å². The second-order valence-electron chi connectivity index (χ2n) is 3.17. The maximum Gasteiger partial charge on any atom is 0.0827 e. The largest absolute Gasteiger partial charge is 0.253 e. The van der Waals surface area contributed by atoms with Crippen LogP contribution in [0.5, 0.6) is 0 Å². The third-order valence-corrected chi connectivity index (χ3v) is 2.99. The van der Waals surface area contributed by atoms with E-state index in [1.54, 1.807) is 11.3 Å². The van der Waals surface area contributed by atoms with Crippen molar-refractivity contribution in [2.75, 3.05) is 5.88 Å². The molecule has 15 heavy (non-hydrogen) atoms.